The van der Waals surface area contributed by atoms with Crippen LogP contribution >= 0.6 is 23.2 Å². The summed E-state index contributed by atoms with van der Waals surface area (Å²) in [6, 6.07) is 3.39. The van der Waals surface area contributed by atoms with Crippen molar-refractivity contribution < 1.29 is 13.2 Å². The maximum Gasteiger partial charge on any atom is 0.242 e. The Morgan fingerprint density at radius 3 is 2.75 bits per heavy atom. The molecule has 110 valence electrons. The summed E-state index contributed by atoms with van der Waals surface area (Å²) in [7, 11) is -3.89. The molecule has 1 aromatic carbocycles. The van der Waals surface area contributed by atoms with Crippen LogP contribution in [0.5, 0.6) is 0 Å². The van der Waals surface area contributed by atoms with E-state index in [1.165, 1.54) is 18.2 Å². The van der Waals surface area contributed by atoms with Crippen molar-refractivity contribution in [1.29, 1.82) is 0 Å². The van der Waals surface area contributed by atoms with Gasteiger partial charge in [-0.15, -0.1) is 0 Å². The number of amides is 1. The zero-order valence-corrected chi connectivity index (χ0v) is 12.9. The van der Waals surface area contributed by atoms with E-state index in [1.54, 1.807) is 0 Å². The van der Waals surface area contributed by atoms with Crippen LogP contribution < -0.4 is 10.0 Å². The number of carbonyl (C=O) groups excluding carboxylic acids is 1. The Balaban J connectivity index is 2.26. The Kier molecular flexibility index (Phi) is 4.90. The first kappa shape index (κ1) is 15.6. The molecular weight excluding hydrogens is 323 g/mol. The van der Waals surface area contributed by atoms with E-state index in [2.05, 4.69) is 10.0 Å². The summed E-state index contributed by atoms with van der Waals surface area (Å²) in [6.45, 7) is 0.564. The monoisotopic (exact) mass is 336 g/mol. The van der Waals surface area contributed by atoms with Gasteiger partial charge in [0.1, 0.15) is 10.9 Å². The molecule has 8 heteroatoms. The molecule has 2 rings (SSSR count). The fourth-order valence-corrected chi connectivity index (χ4v) is 3.98. The fourth-order valence-electron chi connectivity index (χ4n) is 1.99. The van der Waals surface area contributed by atoms with Crippen LogP contribution in [0, 0.1) is 0 Å². The summed E-state index contributed by atoms with van der Waals surface area (Å²) in [5, 5.41) is 3.00. The first-order valence-electron chi connectivity index (χ1n) is 6.15. The molecule has 2 N–H and O–H groups in total. The normalized spacial score (nSPS) is 20.3. The minimum atomic E-state index is -3.89. The van der Waals surface area contributed by atoms with Gasteiger partial charge in [-0.3, -0.25) is 4.79 Å². The number of benzene rings is 1. The Morgan fingerprint density at radius 2 is 2.00 bits per heavy atom. The number of nitrogens with one attached hydrogen (secondary N) is 2. The quantitative estimate of drug-likeness (QED) is 0.885. The highest BCUT2D eigenvalue weighted by atomic mass is 35.5. The van der Waals surface area contributed by atoms with Crippen molar-refractivity contribution >= 4 is 39.1 Å². The molecule has 0 saturated carbocycles. The molecule has 1 atom stereocenters. The number of halogens is 2. The number of hydrogen-bond acceptors (Lipinski definition) is 3. The van der Waals surface area contributed by atoms with Crippen LogP contribution in [0.25, 0.3) is 0 Å². The van der Waals surface area contributed by atoms with E-state index in [0.29, 0.717) is 13.0 Å². The molecule has 20 heavy (non-hydrogen) atoms. The average molecular weight is 337 g/mol. The fraction of sp³-hybridized carbons (Fsp3) is 0.417. The zero-order chi connectivity index (χ0) is 14.8. The van der Waals surface area contributed by atoms with Crippen molar-refractivity contribution in [2.45, 2.75) is 30.2 Å². The van der Waals surface area contributed by atoms with Gasteiger partial charge in [-0.25, -0.2) is 8.42 Å². The van der Waals surface area contributed by atoms with Crippen LogP contribution in [0.4, 0.5) is 0 Å². The van der Waals surface area contributed by atoms with Crippen molar-refractivity contribution in [2.75, 3.05) is 6.54 Å². The zero-order valence-electron chi connectivity index (χ0n) is 10.5. The van der Waals surface area contributed by atoms with Gasteiger partial charge in [0.15, 0.2) is 0 Å². The molecule has 1 fully saturated rings. The third kappa shape index (κ3) is 3.63. The minimum absolute atomic E-state index is 0.0657. The Labute approximate surface area is 127 Å². The van der Waals surface area contributed by atoms with Crippen LogP contribution in [0.15, 0.2) is 23.1 Å². The Bertz CT molecular complexity index is 619. The van der Waals surface area contributed by atoms with Gasteiger partial charge in [-0.1, -0.05) is 23.2 Å². The second kappa shape index (κ2) is 6.30. The molecule has 0 spiro atoms. The van der Waals surface area contributed by atoms with E-state index >= 15 is 0 Å². The van der Waals surface area contributed by atoms with E-state index in [0.717, 1.165) is 12.8 Å². The molecule has 1 amide bonds. The molecule has 1 unspecified atom stereocenters. The molecule has 1 heterocycles. The summed E-state index contributed by atoms with van der Waals surface area (Å²) < 4.78 is 27.0. The first-order valence-corrected chi connectivity index (χ1v) is 8.39. The van der Waals surface area contributed by atoms with Crippen molar-refractivity contribution in [1.82, 2.24) is 10.0 Å². The van der Waals surface area contributed by atoms with Gasteiger partial charge in [0.2, 0.25) is 15.9 Å². The highest BCUT2D eigenvalue weighted by Crippen LogP contribution is 2.25. The molecule has 1 saturated heterocycles. The molecule has 1 aromatic rings. The lowest BCUT2D eigenvalue weighted by atomic mass is 10.1. The molecule has 0 aliphatic carbocycles. The number of hydrogen-bond donors (Lipinski definition) is 2. The molecule has 1 aliphatic heterocycles. The van der Waals surface area contributed by atoms with Crippen LogP contribution in [0.3, 0.4) is 0 Å². The molecule has 5 nitrogen and oxygen atoms in total. The van der Waals surface area contributed by atoms with E-state index in [1.807, 2.05) is 0 Å². The third-order valence-corrected chi connectivity index (χ3v) is 5.20. The van der Waals surface area contributed by atoms with Crippen molar-refractivity contribution in [2.24, 2.45) is 0 Å². The summed E-state index contributed by atoms with van der Waals surface area (Å²) in [5.41, 5.74) is 0. The highest BCUT2D eigenvalue weighted by Gasteiger charge is 2.28. The minimum Gasteiger partial charge on any atom is -0.355 e. The predicted molar refractivity (Wildman–Crippen MR) is 77.4 cm³/mol. The second-order valence-corrected chi connectivity index (χ2v) is 7.06. The molecular formula is C12H14Cl2N2O3S. The molecule has 0 aromatic heterocycles. The lowest BCUT2D eigenvalue weighted by molar-refractivity contribution is -0.122. The van der Waals surface area contributed by atoms with E-state index in [-0.39, 0.29) is 20.8 Å². The van der Waals surface area contributed by atoms with Gasteiger partial charge in [-0.2, -0.15) is 4.72 Å². The van der Waals surface area contributed by atoms with Gasteiger partial charge >= 0.3 is 0 Å². The second-order valence-electron chi connectivity index (χ2n) is 4.54. The van der Waals surface area contributed by atoms with Crippen LogP contribution in [-0.2, 0) is 14.8 Å². The molecule has 0 radical (unpaired) electrons. The van der Waals surface area contributed by atoms with Gasteiger partial charge in [0.25, 0.3) is 0 Å². The highest BCUT2D eigenvalue weighted by molar-refractivity contribution is 7.89. The van der Waals surface area contributed by atoms with Crippen molar-refractivity contribution in [3.05, 3.63) is 28.2 Å². The van der Waals surface area contributed by atoms with Crippen molar-refractivity contribution in [3.63, 3.8) is 0 Å². The third-order valence-electron chi connectivity index (χ3n) is 3.02. The van der Waals surface area contributed by atoms with Gasteiger partial charge in [-0.05, 0) is 37.5 Å². The SMILES string of the molecule is O=C1NCCCCC1NS(=O)(=O)c1cc(Cl)ccc1Cl. The molecule has 1 aliphatic rings. The Morgan fingerprint density at radius 1 is 1.25 bits per heavy atom. The lowest BCUT2D eigenvalue weighted by Crippen LogP contribution is -2.45. The van der Waals surface area contributed by atoms with E-state index in [9.17, 15) is 13.2 Å². The van der Waals surface area contributed by atoms with Crippen LogP contribution in [0.1, 0.15) is 19.3 Å². The number of carbonyl (C=O) groups is 1. The van der Waals surface area contributed by atoms with E-state index in [4.69, 9.17) is 23.2 Å². The summed E-state index contributed by atoms with van der Waals surface area (Å²) in [4.78, 5) is 11.7. The summed E-state index contributed by atoms with van der Waals surface area (Å²) in [5.74, 6) is -0.316. The standard InChI is InChI=1S/C12H14Cl2N2O3S/c13-8-4-5-9(14)11(7-8)20(18,19)16-10-3-1-2-6-15-12(10)17/h4-5,7,10,16H,1-3,6H2,(H,15,17). The Hall–Kier alpha value is -0.820. The largest absolute Gasteiger partial charge is 0.355 e. The van der Waals surface area contributed by atoms with Crippen LogP contribution in [-0.4, -0.2) is 26.9 Å². The number of sulfonamides is 1. The van der Waals surface area contributed by atoms with Gasteiger partial charge < -0.3 is 5.32 Å². The lowest BCUT2D eigenvalue weighted by Gasteiger charge is -2.16. The van der Waals surface area contributed by atoms with Gasteiger partial charge in [0, 0.05) is 11.6 Å². The number of rotatable bonds is 3. The topological polar surface area (TPSA) is 75.3 Å². The first-order chi connectivity index (χ1) is 9.40. The average Bonchev–Trinajstić information content (AvgIpc) is 2.57. The van der Waals surface area contributed by atoms with E-state index < -0.39 is 16.1 Å². The molecule has 0 bridgehead atoms. The maximum absolute atomic E-state index is 12.3. The maximum atomic E-state index is 12.3. The summed E-state index contributed by atoms with van der Waals surface area (Å²) in [6.07, 6.45) is 2.07. The van der Waals surface area contributed by atoms with Crippen LogP contribution in [0.2, 0.25) is 10.0 Å². The van der Waals surface area contributed by atoms with Gasteiger partial charge in [0.05, 0.1) is 5.02 Å². The summed E-state index contributed by atoms with van der Waals surface area (Å²) >= 11 is 11.7. The van der Waals surface area contributed by atoms with Crippen molar-refractivity contribution in [3.8, 4) is 0 Å². The smallest absolute Gasteiger partial charge is 0.242 e. The predicted octanol–water partition coefficient (Wildman–Crippen LogP) is 1.94.